The van der Waals surface area contributed by atoms with E-state index in [1.807, 2.05) is 87.5 Å². The SMILES string of the molecule is COc1ccc(C(C)(C)c2ccc(Oc3ccc(S(=O)(=O)c4ccc(C(C)(C)C(C)(C)Oc5ccc(C(C)(C)c6ccc(Oc7ccc(S(=O)(=O)c8ccc(C)cc8)cc7)c(CNCCCN)c6)cc5)cc4)cc3)cc2)cc1. The molecule has 0 spiro atoms. The lowest BCUT2D eigenvalue weighted by molar-refractivity contribution is 0.0357. The molecule has 0 aliphatic rings. The lowest BCUT2D eigenvalue weighted by atomic mass is 9.72. The minimum atomic E-state index is -3.83. The first kappa shape index (κ1) is 57.0. The fraction of sp³-hybridized carbons (Fsp3) is 0.273. The summed E-state index contributed by atoms with van der Waals surface area (Å²) in [5, 5.41) is 3.50. The van der Waals surface area contributed by atoms with Gasteiger partial charge in [0, 0.05) is 28.4 Å². The molecule has 406 valence electrons. The standard InChI is InChI=1S/C66H72N2O8S2/c1-46-12-33-58(34-13-46)77(69,70)61-39-31-56(32-40-61)75-62-41-22-52(44-47(62)45-68-43-11-42-67)64(4,5)50-18-27-57(28-19-50)76-66(8,9)65(6,7)51-20-35-59(36-21-51)78(71,72)60-37-29-55(30-38-60)74-54-25-16-49(17-26-54)63(2,3)48-14-23-53(73-10)24-15-48/h12-41,44,68H,11,42-43,45,67H2,1-10H3. The Kier molecular flexibility index (Phi) is 16.8. The molecule has 0 amide bonds. The molecule has 8 rings (SSSR count). The summed E-state index contributed by atoms with van der Waals surface area (Å²) < 4.78 is 79.1. The van der Waals surface area contributed by atoms with Gasteiger partial charge in [0.05, 0.1) is 26.7 Å². The Balaban J connectivity index is 0.909. The normalized spacial score (nSPS) is 12.5. The number of hydrogen-bond acceptors (Lipinski definition) is 10. The summed E-state index contributed by atoms with van der Waals surface area (Å²) in [6.07, 6.45) is 0.829. The van der Waals surface area contributed by atoms with Crippen molar-refractivity contribution in [3.05, 3.63) is 227 Å². The van der Waals surface area contributed by atoms with E-state index in [0.717, 1.165) is 57.7 Å². The van der Waals surface area contributed by atoms with Crippen LogP contribution in [0.1, 0.15) is 101 Å². The van der Waals surface area contributed by atoms with Crippen LogP contribution in [-0.4, -0.2) is 42.6 Å². The van der Waals surface area contributed by atoms with Crippen LogP contribution >= 0.6 is 0 Å². The van der Waals surface area contributed by atoms with Gasteiger partial charge in [-0.2, -0.15) is 0 Å². The van der Waals surface area contributed by atoms with Crippen molar-refractivity contribution in [3.8, 4) is 34.5 Å². The lowest BCUT2D eigenvalue weighted by Gasteiger charge is -2.42. The van der Waals surface area contributed by atoms with E-state index < -0.39 is 36.1 Å². The van der Waals surface area contributed by atoms with Crippen LogP contribution in [0, 0.1) is 6.92 Å². The smallest absolute Gasteiger partial charge is 0.206 e. The molecule has 0 radical (unpaired) electrons. The zero-order valence-electron chi connectivity index (χ0n) is 46.4. The van der Waals surface area contributed by atoms with Crippen LogP contribution in [0.3, 0.4) is 0 Å². The summed E-state index contributed by atoms with van der Waals surface area (Å²) in [7, 11) is -5.85. The van der Waals surface area contributed by atoms with Crippen molar-refractivity contribution in [2.45, 2.75) is 117 Å². The molecule has 0 atom stereocenters. The van der Waals surface area contributed by atoms with Crippen LogP contribution in [0.2, 0.25) is 0 Å². The van der Waals surface area contributed by atoms with Crippen LogP contribution in [0.5, 0.6) is 34.5 Å². The summed E-state index contributed by atoms with van der Waals surface area (Å²) in [4.78, 5) is 0.803. The van der Waals surface area contributed by atoms with Gasteiger partial charge >= 0.3 is 0 Å². The zero-order valence-corrected chi connectivity index (χ0v) is 48.0. The number of nitrogens with two attached hydrogens (primary N) is 1. The number of ether oxygens (including phenoxy) is 4. The number of aryl methyl sites for hydroxylation is 1. The summed E-state index contributed by atoms with van der Waals surface area (Å²) in [5.74, 6) is 3.88. The first-order valence-electron chi connectivity index (χ1n) is 26.3. The van der Waals surface area contributed by atoms with Gasteiger partial charge in [-0.15, -0.1) is 0 Å². The number of rotatable bonds is 22. The van der Waals surface area contributed by atoms with E-state index in [0.29, 0.717) is 41.8 Å². The molecule has 0 heterocycles. The van der Waals surface area contributed by atoms with Crippen LogP contribution in [0.4, 0.5) is 0 Å². The van der Waals surface area contributed by atoms with Crippen molar-refractivity contribution < 1.29 is 35.8 Å². The number of benzene rings is 8. The molecule has 0 aliphatic carbocycles. The number of hydrogen-bond donors (Lipinski definition) is 2. The van der Waals surface area contributed by atoms with Gasteiger partial charge in [0.15, 0.2) is 0 Å². The third-order valence-corrected chi connectivity index (χ3v) is 19.0. The minimum Gasteiger partial charge on any atom is -0.497 e. The van der Waals surface area contributed by atoms with Gasteiger partial charge < -0.3 is 30.0 Å². The minimum absolute atomic E-state index is 0.171. The largest absolute Gasteiger partial charge is 0.497 e. The fourth-order valence-electron chi connectivity index (χ4n) is 9.32. The van der Waals surface area contributed by atoms with Crippen molar-refractivity contribution in [2.24, 2.45) is 5.73 Å². The Morgan fingerprint density at radius 2 is 0.821 bits per heavy atom. The van der Waals surface area contributed by atoms with E-state index in [4.69, 9.17) is 24.7 Å². The molecule has 10 nitrogen and oxygen atoms in total. The molecular weight excluding hydrogens is 1010 g/mol. The Morgan fingerprint density at radius 3 is 1.28 bits per heavy atom. The maximum Gasteiger partial charge on any atom is 0.206 e. The van der Waals surface area contributed by atoms with Crippen LogP contribution in [-0.2, 0) is 42.5 Å². The Bertz CT molecular complexity index is 3540. The fourth-order valence-corrected chi connectivity index (χ4v) is 11.8. The molecule has 78 heavy (non-hydrogen) atoms. The van der Waals surface area contributed by atoms with E-state index in [1.165, 1.54) is 0 Å². The van der Waals surface area contributed by atoms with Gasteiger partial charge in [0.1, 0.15) is 40.1 Å². The molecule has 8 aromatic carbocycles. The number of sulfone groups is 2. The van der Waals surface area contributed by atoms with Crippen molar-refractivity contribution in [1.29, 1.82) is 0 Å². The maximum absolute atomic E-state index is 13.9. The van der Waals surface area contributed by atoms with E-state index >= 15 is 0 Å². The summed E-state index contributed by atoms with van der Waals surface area (Å²) in [5.41, 5.74) is 11.2. The molecule has 0 saturated carbocycles. The molecule has 12 heteroatoms. The molecule has 8 aromatic rings. The quantitative estimate of drug-likeness (QED) is 0.0630. The van der Waals surface area contributed by atoms with Gasteiger partial charge in [-0.25, -0.2) is 16.8 Å². The van der Waals surface area contributed by atoms with Crippen molar-refractivity contribution in [2.75, 3.05) is 20.2 Å². The Labute approximate surface area is 462 Å². The highest BCUT2D eigenvalue weighted by Crippen LogP contribution is 2.42. The lowest BCUT2D eigenvalue weighted by Crippen LogP contribution is -2.47. The molecule has 0 saturated heterocycles. The van der Waals surface area contributed by atoms with Gasteiger partial charge in [-0.1, -0.05) is 114 Å². The van der Waals surface area contributed by atoms with Crippen molar-refractivity contribution in [3.63, 3.8) is 0 Å². The van der Waals surface area contributed by atoms with Crippen molar-refractivity contribution in [1.82, 2.24) is 5.32 Å². The number of methoxy groups -OCH3 is 1. The van der Waals surface area contributed by atoms with Gasteiger partial charge in [-0.3, -0.25) is 0 Å². The molecule has 0 unspecified atom stereocenters. The van der Waals surface area contributed by atoms with E-state index in [-0.39, 0.29) is 25.0 Å². The molecule has 3 N–H and O–H groups in total. The highest BCUT2D eigenvalue weighted by molar-refractivity contribution is 7.91. The van der Waals surface area contributed by atoms with E-state index in [2.05, 4.69) is 83.3 Å². The molecule has 0 aromatic heterocycles. The summed E-state index contributed by atoms with van der Waals surface area (Å²) in [6.45, 7) is 20.8. The molecule has 0 aliphatic heterocycles. The van der Waals surface area contributed by atoms with Gasteiger partial charge in [-0.05, 0) is 189 Å². The predicted octanol–water partition coefficient (Wildman–Crippen LogP) is 14.5. The molecule has 0 bridgehead atoms. The second kappa shape index (κ2) is 23.0. The predicted molar refractivity (Wildman–Crippen MR) is 311 cm³/mol. The molecule has 0 fully saturated rings. The highest BCUT2D eigenvalue weighted by Gasteiger charge is 2.41. The van der Waals surface area contributed by atoms with Crippen LogP contribution in [0.15, 0.2) is 208 Å². The summed E-state index contributed by atoms with van der Waals surface area (Å²) in [6, 6.07) is 57.4. The third kappa shape index (κ3) is 12.4. The summed E-state index contributed by atoms with van der Waals surface area (Å²) >= 11 is 0. The zero-order chi connectivity index (χ0) is 56.1. The van der Waals surface area contributed by atoms with Crippen LogP contribution in [0.25, 0.3) is 0 Å². The Hall–Kier alpha value is -7.22. The topological polar surface area (TPSA) is 143 Å². The third-order valence-electron chi connectivity index (χ3n) is 15.4. The first-order chi connectivity index (χ1) is 36.9. The Morgan fingerprint density at radius 1 is 0.449 bits per heavy atom. The van der Waals surface area contributed by atoms with E-state index in [9.17, 15) is 16.8 Å². The second-order valence-electron chi connectivity index (χ2n) is 21.9. The second-order valence-corrected chi connectivity index (χ2v) is 25.8. The van der Waals surface area contributed by atoms with E-state index in [1.54, 1.807) is 92.0 Å². The average Bonchev–Trinajstić information content (AvgIpc) is 3.47. The van der Waals surface area contributed by atoms with Crippen molar-refractivity contribution >= 4 is 19.7 Å². The monoisotopic (exact) mass is 1080 g/mol. The highest BCUT2D eigenvalue weighted by atomic mass is 32.2. The average molecular weight is 1090 g/mol. The van der Waals surface area contributed by atoms with Gasteiger partial charge in [0.2, 0.25) is 19.7 Å². The number of nitrogens with one attached hydrogen (secondary N) is 1. The molecular formula is C66H72N2O8S2. The van der Waals surface area contributed by atoms with Gasteiger partial charge in [0.25, 0.3) is 0 Å². The van der Waals surface area contributed by atoms with Crippen LogP contribution < -0.4 is 30.0 Å². The first-order valence-corrected chi connectivity index (χ1v) is 29.2. The maximum atomic E-state index is 13.9.